The summed E-state index contributed by atoms with van der Waals surface area (Å²) in [6.07, 6.45) is 3.42. The van der Waals surface area contributed by atoms with E-state index in [4.69, 9.17) is 11.6 Å². The van der Waals surface area contributed by atoms with Gasteiger partial charge in [0.1, 0.15) is 0 Å². The fourth-order valence-electron chi connectivity index (χ4n) is 2.80. The fraction of sp³-hybridized carbons (Fsp3) is 0.0588. The minimum atomic E-state index is -0.158. The predicted molar refractivity (Wildman–Crippen MR) is 88.0 cm³/mol. The predicted octanol–water partition coefficient (Wildman–Crippen LogP) is 3.60. The van der Waals surface area contributed by atoms with Crippen molar-refractivity contribution in [1.82, 2.24) is 14.0 Å². The second kappa shape index (κ2) is 4.71. The molecule has 4 nitrogen and oxygen atoms in total. The van der Waals surface area contributed by atoms with Crippen LogP contribution in [-0.2, 0) is 0 Å². The Labute approximate surface area is 131 Å². The Balaban J connectivity index is 2.29. The second-order valence-corrected chi connectivity index (χ2v) is 5.62. The number of rotatable bonds is 1. The summed E-state index contributed by atoms with van der Waals surface area (Å²) in [6.45, 7) is 1.98. The summed E-state index contributed by atoms with van der Waals surface area (Å²) in [6, 6.07) is 13.3. The zero-order valence-corrected chi connectivity index (χ0v) is 12.6. The van der Waals surface area contributed by atoms with Crippen molar-refractivity contribution in [2.24, 2.45) is 0 Å². The molecular formula is C17H12ClN3O. The summed E-state index contributed by atoms with van der Waals surface area (Å²) >= 11 is 6.16. The van der Waals surface area contributed by atoms with Gasteiger partial charge in [-0.2, -0.15) is 0 Å². The molecule has 5 heteroatoms. The van der Waals surface area contributed by atoms with E-state index in [0.717, 1.165) is 22.3 Å². The molecule has 0 amide bonds. The molecule has 0 aliphatic heterocycles. The molecule has 2 aromatic carbocycles. The highest BCUT2D eigenvalue weighted by Crippen LogP contribution is 2.23. The number of benzene rings is 2. The summed E-state index contributed by atoms with van der Waals surface area (Å²) in [7, 11) is 0. The first kappa shape index (κ1) is 13.1. The van der Waals surface area contributed by atoms with Crippen LogP contribution in [0.5, 0.6) is 0 Å². The van der Waals surface area contributed by atoms with Gasteiger partial charge in [-0.3, -0.25) is 13.8 Å². The van der Waals surface area contributed by atoms with E-state index in [1.807, 2.05) is 49.4 Å². The molecule has 0 bridgehead atoms. The van der Waals surface area contributed by atoms with Gasteiger partial charge in [-0.05, 0) is 36.8 Å². The highest BCUT2D eigenvalue weighted by Gasteiger charge is 2.14. The van der Waals surface area contributed by atoms with Crippen LogP contribution >= 0.6 is 11.6 Å². The van der Waals surface area contributed by atoms with Crippen molar-refractivity contribution in [1.29, 1.82) is 0 Å². The van der Waals surface area contributed by atoms with E-state index in [2.05, 4.69) is 4.98 Å². The topological polar surface area (TPSA) is 39.3 Å². The average molecular weight is 310 g/mol. The van der Waals surface area contributed by atoms with E-state index in [0.29, 0.717) is 10.7 Å². The summed E-state index contributed by atoms with van der Waals surface area (Å²) < 4.78 is 3.47. The molecule has 0 spiro atoms. The number of para-hydroxylation sites is 1. The number of hydrogen-bond acceptors (Lipinski definition) is 2. The summed E-state index contributed by atoms with van der Waals surface area (Å²) in [4.78, 5) is 17.1. The van der Waals surface area contributed by atoms with Gasteiger partial charge in [0.15, 0.2) is 0 Å². The molecule has 2 aromatic heterocycles. The van der Waals surface area contributed by atoms with Crippen LogP contribution in [0.4, 0.5) is 0 Å². The lowest BCUT2D eigenvalue weighted by atomic mass is 10.2. The molecule has 0 radical (unpaired) electrons. The van der Waals surface area contributed by atoms with Crippen molar-refractivity contribution >= 4 is 28.3 Å². The Hall–Kier alpha value is -2.59. The monoisotopic (exact) mass is 309 g/mol. The first-order valence-electron chi connectivity index (χ1n) is 6.90. The van der Waals surface area contributed by atoms with Crippen LogP contribution in [0, 0.1) is 6.92 Å². The molecule has 108 valence electrons. The van der Waals surface area contributed by atoms with Crippen molar-refractivity contribution in [3.63, 3.8) is 0 Å². The van der Waals surface area contributed by atoms with Crippen LogP contribution in [-0.4, -0.2) is 14.0 Å². The molecule has 0 saturated carbocycles. The third-order valence-electron chi connectivity index (χ3n) is 3.83. The highest BCUT2D eigenvalue weighted by molar-refractivity contribution is 6.31. The molecule has 0 saturated heterocycles. The quantitative estimate of drug-likeness (QED) is 0.539. The normalized spacial score (nSPS) is 11.4. The first-order chi connectivity index (χ1) is 10.7. The zero-order valence-electron chi connectivity index (χ0n) is 11.8. The number of fused-ring (bicyclic) bond motifs is 3. The van der Waals surface area contributed by atoms with E-state index in [1.165, 1.54) is 0 Å². The summed E-state index contributed by atoms with van der Waals surface area (Å²) in [5.41, 5.74) is 3.75. The van der Waals surface area contributed by atoms with E-state index in [1.54, 1.807) is 21.4 Å². The molecule has 0 unspecified atom stereocenters. The number of aryl methyl sites for hydroxylation is 1. The SMILES string of the molecule is Cc1ccccc1-n1c(=O)c2nccn2c2ccc(Cl)cc21. The third kappa shape index (κ3) is 1.77. The molecule has 0 atom stereocenters. The van der Waals surface area contributed by atoms with Crippen molar-refractivity contribution < 1.29 is 0 Å². The second-order valence-electron chi connectivity index (χ2n) is 5.18. The van der Waals surface area contributed by atoms with Gasteiger partial charge < -0.3 is 0 Å². The van der Waals surface area contributed by atoms with Gasteiger partial charge in [0.25, 0.3) is 5.56 Å². The van der Waals surface area contributed by atoms with Crippen LogP contribution in [0.2, 0.25) is 5.02 Å². The summed E-state index contributed by atoms with van der Waals surface area (Å²) in [5.74, 6) is 0. The molecule has 0 aliphatic rings. The zero-order chi connectivity index (χ0) is 15.3. The number of halogens is 1. The molecule has 0 fully saturated rings. The highest BCUT2D eigenvalue weighted by atomic mass is 35.5. The van der Waals surface area contributed by atoms with Gasteiger partial charge in [-0.1, -0.05) is 29.8 Å². The van der Waals surface area contributed by atoms with Crippen molar-refractivity contribution in [3.8, 4) is 5.69 Å². The Morgan fingerprint density at radius 3 is 2.73 bits per heavy atom. The maximum atomic E-state index is 12.9. The molecule has 0 aliphatic carbocycles. The molecule has 4 rings (SSSR count). The van der Waals surface area contributed by atoms with Crippen LogP contribution in [0.25, 0.3) is 22.4 Å². The van der Waals surface area contributed by atoms with Crippen LogP contribution < -0.4 is 5.56 Å². The number of nitrogens with zero attached hydrogens (tertiary/aromatic N) is 3. The molecule has 4 aromatic rings. The minimum Gasteiger partial charge on any atom is -0.294 e. The maximum absolute atomic E-state index is 12.9. The van der Waals surface area contributed by atoms with Crippen molar-refractivity contribution in [2.75, 3.05) is 0 Å². The summed E-state index contributed by atoms with van der Waals surface area (Å²) in [5, 5.41) is 0.591. The smallest absolute Gasteiger partial charge is 0.294 e. The Morgan fingerprint density at radius 2 is 1.91 bits per heavy atom. The lowest BCUT2D eigenvalue weighted by molar-refractivity contribution is 1.00. The molecule has 2 heterocycles. The minimum absolute atomic E-state index is 0.158. The van der Waals surface area contributed by atoms with Gasteiger partial charge in [0.2, 0.25) is 5.65 Å². The van der Waals surface area contributed by atoms with Crippen LogP contribution in [0.15, 0.2) is 59.7 Å². The Kier molecular flexibility index (Phi) is 2.81. The first-order valence-corrected chi connectivity index (χ1v) is 7.28. The lowest BCUT2D eigenvalue weighted by Crippen LogP contribution is -2.22. The van der Waals surface area contributed by atoms with Gasteiger partial charge >= 0.3 is 0 Å². The lowest BCUT2D eigenvalue weighted by Gasteiger charge is -2.14. The van der Waals surface area contributed by atoms with Gasteiger partial charge in [0, 0.05) is 17.4 Å². The van der Waals surface area contributed by atoms with Crippen molar-refractivity contribution in [3.05, 3.63) is 75.8 Å². The van der Waals surface area contributed by atoms with E-state index in [-0.39, 0.29) is 5.56 Å². The maximum Gasteiger partial charge on any atom is 0.299 e. The molecule has 0 N–H and O–H groups in total. The molecular weight excluding hydrogens is 298 g/mol. The number of hydrogen-bond donors (Lipinski definition) is 0. The Bertz CT molecular complexity index is 1080. The Morgan fingerprint density at radius 1 is 1.09 bits per heavy atom. The molecule has 22 heavy (non-hydrogen) atoms. The average Bonchev–Trinajstić information content (AvgIpc) is 2.99. The fourth-order valence-corrected chi connectivity index (χ4v) is 2.96. The van der Waals surface area contributed by atoms with Crippen LogP contribution in [0.1, 0.15) is 5.56 Å². The van der Waals surface area contributed by atoms with E-state index < -0.39 is 0 Å². The third-order valence-corrected chi connectivity index (χ3v) is 4.06. The standard InChI is InChI=1S/C17H12ClN3O/c1-11-4-2-3-5-13(11)21-15-10-12(18)6-7-14(15)20-9-8-19-16(20)17(21)22/h2-10H,1H3. The number of aromatic nitrogens is 3. The van der Waals surface area contributed by atoms with Crippen molar-refractivity contribution in [2.45, 2.75) is 6.92 Å². The van der Waals surface area contributed by atoms with Gasteiger partial charge in [-0.15, -0.1) is 0 Å². The largest absolute Gasteiger partial charge is 0.299 e. The number of imidazole rings is 1. The van der Waals surface area contributed by atoms with Crippen LogP contribution in [0.3, 0.4) is 0 Å². The van der Waals surface area contributed by atoms with E-state index >= 15 is 0 Å². The van der Waals surface area contributed by atoms with Gasteiger partial charge in [0.05, 0.1) is 16.7 Å². The van der Waals surface area contributed by atoms with Gasteiger partial charge in [-0.25, -0.2) is 4.98 Å². The van der Waals surface area contributed by atoms with E-state index in [9.17, 15) is 4.79 Å².